The molecule has 0 radical (unpaired) electrons. The van der Waals surface area contributed by atoms with Gasteiger partial charge < -0.3 is 14.6 Å². The van der Waals surface area contributed by atoms with Gasteiger partial charge in [-0.15, -0.1) is 6.58 Å². The molecular formula is C29H39NO5. The molecule has 1 spiro atoms. The molecule has 1 N–H and O–H groups in total. The Labute approximate surface area is 208 Å². The number of ether oxygens (including phenoxy) is 2. The Hall–Kier alpha value is -2.18. The van der Waals surface area contributed by atoms with Gasteiger partial charge in [0, 0.05) is 37.5 Å². The van der Waals surface area contributed by atoms with Crippen LogP contribution in [0.15, 0.2) is 24.8 Å². The number of rotatable bonds is 11. The van der Waals surface area contributed by atoms with Crippen LogP contribution in [-0.4, -0.2) is 52.6 Å². The third-order valence-electron chi connectivity index (χ3n) is 8.93. The van der Waals surface area contributed by atoms with E-state index in [2.05, 4.69) is 18.4 Å². The Kier molecular flexibility index (Phi) is 6.79. The van der Waals surface area contributed by atoms with E-state index in [4.69, 9.17) is 9.47 Å². The van der Waals surface area contributed by atoms with Gasteiger partial charge >= 0.3 is 5.97 Å². The van der Waals surface area contributed by atoms with Crippen LogP contribution in [-0.2, 0) is 21.4 Å². The highest BCUT2D eigenvalue weighted by atomic mass is 16.6. The zero-order valence-electron chi connectivity index (χ0n) is 21.0. The van der Waals surface area contributed by atoms with E-state index < -0.39 is 17.1 Å². The first kappa shape index (κ1) is 24.5. The molecule has 1 aromatic rings. The van der Waals surface area contributed by atoms with Crippen LogP contribution in [0.2, 0.25) is 0 Å². The summed E-state index contributed by atoms with van der Waals surface area (Å²) in [7, 11) is 0. The normalized spacial score (nSPS) is 30.5. The van der Waals surface area contributed by atoms with Crippen LogP contribution in [0.25, 0.3) is 0 Å². The Bertz CT molecular complexity index is 1010. The number of ketones is 1. The fourth-order valence-electron chi connectivity index (χ4n) is 7.27. The van der Waals surface area contributed by atoms with Crippen LogP contribution in [0.5, 0.6) is 11.5 Å². The van der Waals surface area contributed by atoms with Gasteiger partial charge in [0.15, 0.2) is 23.4 Å². The first-order valence-corrected chi connectivity index (χ1v) is 13.6. The second kappa shape index (κ2) is 9.70. The van der Waals surface area contributed by atoms with E-state index in [0.29, 0.717) is 50.1 Å². The number of hydrogen-bond donors (Lipinski definition) is 1. The zero-order valence-corrected chi connectivity index (χ0v) is 21.0. The highest BCUT2D eigenvalue weighted by Gasteiger charge is 2.73. The van der Waals surface area contributed by atoms with E-state index in [1.807, 2.05) is 18.2 Å². The highest BCUT2D eigenvalue weighted by Crippen LogP contribution is 2.64. The van der Waals surface area contributed by atoms with Crippen LogP contribution >= 0.6 is 0 Å². The summed E-state index contributed by atoms with van der Waals surface area (Å²) in [6.07, 6.45) is 11.6. The van der Waals surface area contributed by atoms with Crippen molar-refractivity contribution >= 4 is 11.8 Å². The van der Waals surface area contributed by atoms with Crippen LogP contribution < -0.4 is 9.47 Å². The van der Waals surface area contributed by atoms with E-state index in [0.717, 1.165) is 36.9 Å². The quantitative estimate of drug-likeness (QED) is 0.215. The van der Waals surface area contributed by atoms with Gasteiger partial charge in [-0.05, 0) is 37.3 Å². The summed E-state index contributed by atoms with van der Waals surface area (Å²) in [4.78, 5) is 28.1. The number of carbonyl (C=O) groups excluding carboxylic acids is 2. The summed E-state index contributed by atoms with van der Waals surface area (Å²) in [5.41, 5.74) is 0.182. The average molecular weight is 482 g/mol. The van der Waals surface area contributed by atoms with Gasteiger partial charge in [0.25, 0.3) is 0 Å². The first-order valence-electron chi connectivity index (χ1n) is 13.6. The molecule has 35 heavy (non-hydrogen) atoms. The molecule has 2 unspecified atom stereocenters. The molecule has 4 atom stereocenters. The molecule has 1 aromatic carbocycles. The number of benzene rings is 1. The number of esters is 1. The van der Waals surface area contributed by atoms with Crippen molar-refractivity contribution in [2.75, 3.05) is 13.1 Å². The monoisotopic (exact) mass is 481 g/mol. The summed E-state index contributed by atoms with van der Waals surface area (Å²) in [6, 6.07) is 3.73. The molecule has 2 fully saturated rings. The largest absolute Gasteiger partial charge is 0.477 e. The van der Waals surface area contributed by atoms with Gasteiger partial charge in [0.2, 0.25) is 0 Å². The number of hydrogen-bond acceptors (Lipinski definition) is 6. The van der Waals surface area contributed by atoms with Crippen LogP contribution in [0.4, 0.5) is 0 Å². The Balaban J connectivity index is 1.37. The minimum atomic E-state index is -1.05. The SMILES string of the molecule is C=CCN1CCC23c4c5ccc(OC(=O)CCCCCCCCC)c4O[C@H]2C(=O)CC[C@@]3(O)C1C5. The second-order valence-electron chi connectivity index (χ2n) is 10.9. The van der Waals surface area contributed by atoms with Crippen molar-refractivity contribution in [3.05, 3.63) is 35.9 Å². The minimum absolute atomic E-state index is 0.0370. The topological polar surface area (TPSA) is 76.1 Å². The minimum Gasteiger partial charge on any atom is -0.477 e. The van der Waals surface area contributed by atoms with Gasteiger partial charge in [-0.1, -0.05) is 57.6 Å². The molecule has 1 saturated heterocycles. The molecule has 190 valence electrons. The standard InChI is InChI=1S/C29H39NO5/c1-3-5-6-7-8-9-10-11-24(32)34-22-13-12-20-19-23-29(33)15-14-21(31)27-28(29,25(20)26(22)35-27)16-18-30(23)17-4-2/h4,12-13,23,27,33H,2-3,5-11,14-19H2,1H3/t23?,27-,28?,29+/m0/s1. The number of nitrogens with zero attached hydrogens (tertiary/aromatic N) is 1. The predicted molar refractivity (Wildman–Crippen MR) is 134 cm³/mol. The molecule has 1 saturated carbocycles. The van der Waals surface area contributed by atoms with Crippen molar-refractivity contribution in [1.29, 1.82) is 0 Å². The van der Waals surface area contributed by atoms with Crippen molar-refractivity contribution in [2.45, 2.75) is 107 Å². The zero-order chi connectivity index (χ0) is 24.6. The van der Waals surface area contributed by atoms with Crippen molar-refractivity contribution in [1.82, 2.24) is 4.90 Å². The summed E-state index contributed by atoms with van der Waals surface area (Å²) < 4.78 is 12.1. The lowest BCUT2D eigenvalue weighted by Gasteiger charge is -2.62. The van der Waals surface area contributed by atoms with Crippen molar-refractivity contribution in [3.8, 4) is 11.5 Å². The molecule has 4 aliphatic rings. The summed E-state index contributed by atoms with van der Waals surface area (Å²) >= 11 is 0. The van der Waals surface area contributed by atoms with Gasteiger partial charge in [-0.25, -0.2) is 0 Å². The van der Waals surface area contributed by atoms with Gasteiger partial charge in [0.1, 0.15) is 0 Å². The molecule has 2 bridgehead atoms. The van der Waals surface area contributed by atoms with E-state index in [1.54, 1.807) is 0 Å². The highest BCUT2D eigenvalue weighted by molar-refractivity contribution is 5.90. The Morgan fingerprint density at radius 2 is 2.00 bits per heavy atom. The molecule has 2 aliphatic heterocycles. The summed E-state index contributed by atoms with van der Waals surface area (Å²) in [6.45, 7) is 7.59. The summed E-state index contributed by atoms with van der Waals surface area (Å²) in [5.74, 6) is 0.670. The van der Waals surface area contributed by atoms with Crippen molar-refractivity contribution in [3.63, 3.8) is 0 Å². The lowest BCUT2D eigenvalue weighted by Crippen LogP contribution is -2.76. The van der Waals surface area contributed by atoms with E-state index >= 15 is 0 Å². The van der Waals surface area contributed by atoms with Crippen LogP contribution in [0.1, 0.15) is 88.7 Å². The number of aliphatic hydroxyl groups is 1. The van der Waals surface area contributed by atoms with Crippen molar-refractivity contribution < 1.29 is 24.2 Å². The molecule has 0 aromatic heterocycles. The fraction of sp³-hybridized carbons (Fsp3) is 0.655. The molecule has 2 aliphatic carbocycles. The Morgan fingerprint density at radius 3 is 2.77 bits per heavy atom. The number of piperidine rings is 1. The maximum Gasteiger partial charge on any atom is 0.311 e. The maximum atomic E-state index is 13.1. The Morgan fingerprint density at radius 1 is 1.23 bits per heavy atom. The molecule has 5 rings (SSSR count). The average Bonchev–Trinajstić information content (AvgIpc) is 3.20. The third kappa shape index (κ3) is 3.84. The smallest absolute Gasteiger partial charge is 0.311 e. The van der Waals surface area contributed by atoms with Crippen LogP contribution in [0.3, 0.4) is 0 Å². The van der Waals surface area contributed by atoms with E-state index in [-0.39, 0.29) is 17.8 Å². The lowest BCUT2D eigenvalue weighted by molar-refractivity contribution is -0.187. The number of Topliss-reactive ketones (excluding diaryl/α,β-unsaturated/α-hetero) is 1. The van der Waals surface area contributed by atoms with Gasteiger partial charge in [0.05, 0.1) is 11.0 Å². The number of unbranched alkanes of at least 4 members (excludes halogenated alkanes) is 6. The molecular weight excluding hydrogens is 442 g/mol. The molecule has 0 amide bonds. The van der Waals surface area contributed by atoms with Crippen molar-refractivity contribution in [2.24, 2.45) is 0 Å². The fourth-order valence-corrected chi connectivity index (χ4v) is 7.27. The predicted octanol–water partition coefficient (Wildman–Crippen LogP) is 4.64. The second-order valence-corrected chi connectivity index (χ2v) is 10.9. The van der Waals surface area contributed by atoms with Crippen LogP contribution in [0, 0.1) is 0 Å². The molecule has 2 heterocycles. The maximum absolute atomic E-state index is 13.1. The molecule has 6 heteroatoms. The first-order chi connectivity index (χ1) is 17.0. The lowest BCUT2D eigenvalue weighted by atomic mass is 9.49. The number of likely N-dealkylation sites (tertiary alicyclic amines) is 1. The third-order valence-corrected chi connectivity index (χ3v) is 8.93. The van der Waals surface area contributed by atoms with E-state index in [9.17, 15) is 14.7 Å². The molecule has 6 nitrogen and oxygen atoms in total. The van der Waals surface area contributed by atoms with E-state index in [1.165, 1.54) is 25.7 Å². The number of carbonyl (C=O) groups is 2. The summed E-state index contributed by atoms with van der Waals surface area (Å²) in [5, 5.41) is 12.2. The van der Waals surface area contributed by atoms with Gasteiger partial charge in [-0.3, -0.25) is 14.5 Å². The van der Waals surface area contributed by atoms with Gasteiger partial charge in [-0.2, -0.15) is 0 Å².